The second-order valence-electron chi connectivity index (χ2n) is 4.66. The Morgan fingerprint density at radius 1 is 1.40 bits per heavy atom. The van der Waals surface area contributed by atoms with Crippen molar-refractivity contribution in [3.63, 3.8) is 0 Å². The normalized spacial score (nSPS) is 12.7. The zero-order valence-corrected chi connectivity index (χ0v) is 10.9. The van der Waals surface area contributed by atoms with Gasteiger partial charge in [-0.1, -0.05) is 17.3 Å². The summed E-state index contributed by atoms with van der Waals surface area (Å²) in [5.41, 5.74) is 8.04. The van der Waals surface area contributed by atoms with Crippen molar-refractivity contribution >= 4 is 11.0 Å². The lowest BCUT2D eigenvalue weighted by atomic mass is 10.3. The summed E-state index contributed by atoms with van der Waals surface area (Å²) in [4.78, 5) is 19.1. The van der Waals surface area contributed by atoms with Crippen molar-refractivity contribution in [3.8, 4) is 0 Å². The lowest BCUT2D eigenvalue weighted by Crippen LogP contribution is -2.18. The molecule has 0 aliphatic rings. The predicted octanol–water partition coefficient (Wildman–Crippen LogP) is 0.583. The van der Waals surface area contributed by atoms with Gasteiger partial charge in [0.25, 0.3) is 5.56 Å². The van der Waals surface area contributed by atoms with E-state index in [4.69, 9.17) is 5.73 Å². The zero-order valence-electron chi connectivity index (χ0n) is 10.9. The summed E-state index contributed by atoms with van der Waals surface area (Å²) in [6.07, 6.45) is 1.72. The molecule has 0 aliphatic carbocycles. The van der Waals surface area contributed by atoms with Gasteiger partial charge in [0.1, 0.15) is 5.69 Å². The van der Waals surface area contributed by atoms with E-state index in [1.807, 2.05) is 31.2 Å². The van der Waals surface area contributed by atoms with Gasteiger partial charge in [-0.15, -0.1) is 5.10 Å². The summed E-state index contributed by atoms with van der Waals surface area (Å²) in [6.45, 7) is 2.09. The van der Waals surface area contributed by atoms with Crippen LogP contribution in [-0.2, 0) is 6.54 Å². The largest absolute Gasteiger partial charge is 0.323 e. The van der Waals surface area contributed by atoms with Crippen LogP contribution in [0.5, 0.6) is 0 Å². The number of aromatic nitrogens is 5. The van der Waals surface area contributed by atoms with Crippen LogP contribution < -0.4 is 11.3 Å². The molecule has 0 bridgehead atoms. The fraction of sp³-hybridized carbons (Fsp3) is 0.231. The number of aromatic amines is 1. The van der Waals surface area contributed by atoms with Crippen molar-refractivity contribution in [3.05, 3.63) is 52.2 Å². The van der Waals surface area contributed by atoms with Gasteiger partial charge in [0, 0.05) is 6.04 Å². The molecule has 1 atom stereocenters. The van der Waals surface area contributed by atoms with Crippen LogP contribution in [0.1, 0.15) is 24.4 Å². The van der Waals surface area contributed by atoms with E-state index in [-0.39, 0.29) is 18.1 Å². The molecular weight excluding hydrogens is 256 g/mol. The third-order valence-electron chi connectivity index (χ3n) is 3.00. The number of para-hydroxylation sites is 2. The second-order valence-corrected chi connectivity index (χ2v) is 4.66. The van der Waals surface area contributed by atoms with Crippen LogP contribution in [0, 0.1) is 0 Å². The van der Waals surface area contributed by atoms with Crippen LogP contribution in [-0.4, -0.2) is 25.0 Å². The third-order valence-corrected chi connectivity index (χ3v) is 3.00. The molecule has 1 aromatic carbocycles. The maximum absolute atomic E-state index is 12.0. The lowest BCUT2D eigenvalue weighted by Gasteiger charge is -2.02. The van der Waals surface area contributed by atoms with E-state index >= 15 is 0 Å². The van der Waals surface area contributed by atoms with Crippen molar-refractivity contribution in [2.24, 2.45) is 5.73 Å². The first-order chi connectivity index (χ1) is 9.63. The Morgan fingerprint density at radius 2 is 2.20 bits per heavy atom. The van der Waals surface area contributed by atoms with E-state index < -0.39 is 0 Å². The van der Waals surface area contributed by atoms with Gasteiger partial charge in [-0.2, -0.15) is 0 Å². The second kappa shape index (κ2) is 4.86. The first kappa shape index (κ1) is 12.5. The van der Waals surface area contributed by atoms with E-state index in [1.54, 1.807) is 10.9 Å². The molecule has 2 aromatic heterocycles. The first-order valence-corrected chi connectivity index (χ1v) is 6.27. The highest BCUT2D eigenvalue weighted by Gasteiger charge is 2.09. The zero-order chi connectivity index (χ0) is 14.1. The number of nitrogens with two attached hydrogens (primary N) is 1. The highest BCUT2D eigenvalue weighted by molar-refractivity contribution is 5.73. The molecule has 0 spiro atoms. The van der Waals surface area contributed by atoms with Gasteiger partial charge in [-0.3, -0.25) is 4.79 Å². The number of nitrogens with one attached hydrogen (secondary N) is 1. The average Bonchev–Trinajstić information content (AvgIpc) is 2.88. The number of H-pyrrole nitrogens is 1. The molecule has 0 aliphatic heterocycles. The summed E-state index contributed by atoms with van der Waals surface area (Å²) in [7, 11) is 0. The SMILES string of the molecule is CC(N)c1cn(Cc2nc3ccccc3[nH]c2=O)nn1. The Labute approximate surface area is 114 Å². The summed E-state index contributed by atoms with van der Waals surface area (Å²) in [5, 5.41) is 7.90. The van der Waals surface area contributed by atoms with E-state index in [2.05, 4.69) is 20.3 Å². The summed E-state index contributed by atoms with van der Waals surface area (Å²) >= 11 is 0. The Bertz CT molecular complexity index is 804. The van der Waals surface area contributed by atoms with Gasteiger partial charge in [-0.25, -0.2) is 9.67 Å². The number of nitrogens with zero attached hydrogens (tertiary/aromatic N) is 4. The molecule has 7 nitrogen and oxygen atoms in total. The maximum Gasteiger partial charge on any atom is 0.272 e. The molecule has 0 saturated heterocycles. The fourth-order valence-corrected chi connectivity index (χ4v) is 1.93. The maximum atomic E-state index is 12.0. The molecule has 102 valence electrons. The average molecular weight is 270 g/mol. The van der Waals surface area contributed by atoms with Crippen LogP contribution in [0.15, 0.2) is 35.3 Å². The van der Waals surface area contributed by atoms with Crippen LogP contribution in [0.25, 0.3) is 11.0 Å². The van der Waals surface area contributed by atoms with Crippen molar-refractivity contribution in [2.75, 3.05) is 0 Å². The lowest BCUT2D eigenvalue weighted by molar-refractivity contribution is 0.634. The van der Waals surface area contributed by atoms with Gasteiger partial charge in [0.15, 0.2) is 0 Å². The van der Waals surface area contributed by atoms with E-state index in [0.29, 0.717) is 11.4 Å². The number of benzene rings is 1. The monoisotopic (exact) mass is 270 g/mol. The smallest absolute Gasteiger partial charge is 0.272 e. The molecular formula is C13H14N6O. The standard InChI is InChI=1S/C13H14N6O/c1-8(14)11-6-19(18-17-11)7-12-13(20)16-10-5-3-2-4-9(10)15-12/h2-6,8H,7,14H2,1H3,(H,16,20). The molecule has 0 radical (unpaired) electrons. The fourth-order valence-electron chi connectivity index (χ4n) is 1.93. The Balaban J connectivity index is 1.97. The van der Waals surface area contributed by atoms with Gasteiger partial charge < -0.3 is 10.7 Å². The minimum Gasteiger partial charge on any atom is -0.323 e. The molecule has 0 saturated carbocycles. The van der Waals surface area contributed by atoms with Gasteiger partial charge in [0.2, 0.25) is 0 Å². The van der Waals surface area contributed by atoms with E-state index in [0.717, 1.165) is 11.0 Å². The number of hydrogen-bond acceptors (Lipinski definition) is 5. The highest BCUT2D eigenvalue weighted by Crippen LogP contribution is 2.07. The molecule has 7 heteroatoms. The van der Waals surface area contributed by atoms with Crippen molar-refractivity contribution in [2.45, 2.75) is 19.5 Å². The molecule has 0 amide bonds. The van der Waals surface area contributed by atoms with Gasteiger partial charge in [-0.05, 0) is 19.1 Å². The molecule has 2 heterocycles. The van der Waals surface area contributed by atoms with Gasteiger partial charge >= 0.3 is 0 Å². The number of rotatable bonds is 3. The Hall–Kier alpha value is -2.54. The molecule has 1 unspecified atom stereocenters. The van der Waals surface area contributed by atoms with Crippen molar-refractivity contribution in [1.82, 2.24) is 25.0 Å². The van der Waals surface area contributed by atoms with Crippen LogP contribution in [0.2, 0.25) is 0 Å². The Kier molecular flexibility index (Phi) is 3.03. The summed E-state index contributed by atoms with van der Waals surface area (Å²) < 4.78 is 1.56. The topological polar surface area (TPSA) is 102 Å². The van der Waals surface area contributed by atoms with Crippen molar-refractivity contribution in [1.29, 1.82) is 0 Å². The molecule has 3 rings (SSSR count). The molecule has 3 N–H and O–H groups in total. The van der Waals surface area contributed by atoms with E-state index in [9.17, 15) is 4.79 Å². The molecule has 20 heavy (non-hydrogen) atoms. The minimum atomic E-state index is -0.221. The van der Waals surface area contributed by atoms with Crippen LogP contribution in [0.4, 0.5) is 0 Å². The summed E-state index contributed by atoms with van der Waals surface area (Å²) in [5.74, 6) is 0. The first-order valence-electron chi connectivity index (χ1n) is 6.27. The van der Waals surface area contributed by atoms with Gasteiger partial charge in [0.05, 0.1) is 29.5 Å². The third kappa shape index (κ3) is 2.30. The molecule has 0 fully saturated rings. The minimum absolute atomic E-state index is 0.188. The van der Waals surface area contributed by atoms with Crippen LogP contribution in [0.3, 0.4) is 0 Å². The number of fused-ring (bicyclic) bond motifs is 1. The summed E-state index contributed by atoms with van der Waals surface area (Å²) in [6, 6.07) is 7.21. The predicted molar refractivity (Wildman–Crippen MR) is 74.1 cm³/mol. The van der Waals surface area contributed by atoms with E-state index in [1.165, 1.54) is 0 Å². The molecule has 3 aromatic rings. The van der Waals surface area contributed by atoms with Crippen molar-refractivity contribution < 1.29 is 0 Å². The Morgan fingerprint density at radius 3 is 2.95 bits per heavy atom. The highest BCUT2D eigenvalue weighted by atomic mass is 16.1. The quantitative estimate of drug-likeness (QED) is 0.724. The van der Waals surface area contributed by atoms with Crippen LogP contribution >= 0.6 is 0 Å². The number of hydrogen-bond donors (Lipinski definition) is 2.